The molecule has 1 unspecified atom stereocenters. The van der Waals surface area contributed by atoms with Crippen LogP contribution < -0.4 is 4.72 Å². The van der Waals surface area contributed by atoms with Crippen LogP contribution in [-0.4, -0.2) is 8.42 Å². The van der Waals surface area contributed by atoms with E-state index in [1.54, 1.807) is 11.3 Å². The van der Waals surface area contributed by atoms with Gasteiger partial charge in [-0.3, -0.25) is 0 Å². The number of sulfonamides is 1. The second-order valence-corrected chi connectivity index (χ2v) is 8.44. The molecule has 22 heavy (non-hydrogen) atoms. The van der Waals surface area contributed by atoms with Crippen LogP contribution in [0, 0.1) is 34.6 Å². The Labute approximate surface area is 137 Å². The lowest BCUT2D eigenvalue weighted by molar-refractivity contribution is 0.567. The van der Waals surface area contributed by atoms with Crippen LogP contribution in [0.1, 0.15) is 45.7 Å². The number of rotatable bonds is 4. The molecule has 0 amide bonds. The zero-order valence-corrected chi connectivity index (χ0v) is 15.6. The van der Waals surface area contributed by atoms with Crippen molar-refractivity contribution in [2.45, 2.75) is 52.5 Å². The lowest BCUT2D eigenvalue weighted by Crippen LogP contribution is -2.28. The van der Waals surface area contributed by atoms with Crippen LogP contribution in [-0.2, 0) is 10.0 Å². The fourth-order valence-electron chi connectivity index (χ4n) is 2.76. The first-order chi connectivity index (χ1) is 10.2. The van der Waals surface area contributed by atoms with E-state index in [0.717, 1.165) is 27.1 Å². The molecular formula is C17H23NO2S2. The Balaban J connectivity index is 2.51. The van der Waals surface area contributed by atoms with E-state index in [1.807, 2.05) is 59.1 Å². The van der Waals surface area contributed by atoms with Crippen molar-refractivity contribution in [2.24, 2.45) is 0 Å². The van der Waals surface area contributed by atoms with E-state index < -0.39 is 10.0 Å². The summed E-state index contributed by atoms with van der Waals surface area (Å²) in [5.41, 5.74) is 4.94. The molecule has 0 aliphatic rings. The number of hydrogen-bond acceptors (Lipinski definition) is 3. The Morgan fingerprint density at radius 1 is 0.955 bits per heavy atom. The third-order valence-electron chi connectivity index (χ3n) is 4.50. The third kappa shape index (κ3) is 2.98. The molecular weight excluding hydrogens is 314 g/mol. The average molecular weight is 338 g/mol. The molecule has 5 heteroatoms. The van der Waals surface area contributed by atoms with Crippen molar-refractivity contribution < 1.29 is 8.42 Å². The summed E-state index contributed by atoms with van der Waals surface area (Å²) in [5.74, 6) is 0. The Kier molecular flexibility index (Phi) is 4.80. The lowest BCUT2D eigenvalue weighted by Gasteiger charge is -2.20. The predicted octanol–water partition coefficient (Wildman–Crippen LogP) is 4.33. The molecule has 0 radical (unpaired) electrons. The molecule has 1 N–H and O–H groups in total. The number of benzene rings is 1. The maximum absolute atomic E-state index is 12.9. The van der Waals surface area contributed by atoms with E-state index >= 15 is 0 Å². The van der Waals surface area contributed by atoms with Gasteiger partial charge in [0.05, 0.1) is 10.9 Å². The Morgan fingerprint density at radius 3 is 1.91 bits per heavy atom. The first-order valence-electron chi connectivity index (χ1n) is 7.29. The van der Waals surface area contributed by atoms with Gasteiger partial charge >= 0.3 is 0 Å². The van der Waals surface area contributed by atoms with Crippen molar-refractivity contribution in [3.63, 3.8) is 0 Å². The van der Waals surface area contributed by atoms with Gasteiger partial charge in [0.25, 0.3) is 0 Å². The van der Waals surface area contributed by atoms with Crippen molar-refractivity contribution in [2.75, 3.05) is 0 Å². The van der Waals surface area contributed by atoms with Crippen LogP contribution in [0.4, 0.5) is 0 Å². The topological polar surface area (TPSA) is 46.2 Å². The summed E-state index contributed by atoms with van der Waals surface area (Å²) in [7, 11) is -3.55. The highest BCUT2D eigenvalue weighted by molar-refractivity contribution is 7.89. The van der Waals surface area contributed by atoms with Gasteiger partial charge in [-0.25, -0.2) is 13.1 Å². The van der Waals surface area contributed by atoms with Gasteiger partial charge in [0, 0.05) is 4.88 Å². The molecule has 0 saturated carbocycles. The second-order valence-electron chi connectivity index (χ2n) is 5.81. The molecule has 2 rings (SSSR count). The smallest absolute Gasteiger partial charge is 0.207 e. The monoisotopic (exact) mass is 337 g/mol. The summed E-state index contributed by atoms with van der Waals surface area (Å²) in [4.78, 5) is 1.44. The van der Waals surface area contributed by atoms with E-state index in [4.69, 9.17) is 0 Å². The van der Waals surface area contributed by atoms with Crippen molar-refractivity contribution in [3.8, 4) is 0 Å². The highest BCUT2D eigenvalue weighted by Crippen LogP contribution is 2.30. The quantitative estimate of drug-likeness (QED) is 0.902. The van der Waals surface area contributed by atoms with Crippen molar-refractivity contribution in [1.82, 2.24) is 4.72 Å². The van der Waals surface area contributed by atoms with E-state index in [2.05, 4.69) is 4.72 Å². The van der Waals surface area contributed by atoms with Gasteiger partial charge in [-0.1, -0.05) is 6.07 Å². The van der Waals surface area contributed by atoms with Gasteiger partial charge in [0.2, 0.25) is 10.0 Å². The van der Waals surface area contributed by atoms with Crippen molar-refractivity contribution in [3.05, 3.63) is 50.2 Å². The summed E-state index contributed by atoms with van der Waals surface area (Å²) in [6, 6.07) is 3.65. The van der Waals surface area contributed by atoms with Crippen LogP contribution >= 0.6 is 11.3 Å². The van der Waals surface area contributed by atoms with Gasteiger partial charge in [0.1, 0.15) is 0 Å². The Bertz CT molecular complexity index is 762. The molecule has 1 atom stereocenters. The first kappa shape index (κ1) is 17.2. The number of thiophene rings is 1. The minimum atomic E-state index is -3.55. The van der Waals surface area contributed by atoms with Crippen molar-refractivity contribution in [1.29, 1.82) is 0 Å². The van der Waals surface area contributed by atoms with Gasteiger partial charge in [-0.15, -0.1) is 11.3 Å². The minimum absolute atomic E-state index is 0.231. The van der Waals surface area contributed by atoms with Crippen LogP contribution in [0.15, 0.2) is 22.4 Å². The Morgan fingerprint density at radius 2 is 1.45 bits per heavy atom. The summed E-state index contributed by atoms with van der Waals surface area (Å²) in [6.07, 6.45) is 0. The summed E-state index contributed by atoms with van der Waals surface area (Å²) >= 11 is 1.56. The highest BCUT2D eigenvalue weighted by atomic mass is 32.2. The van der Waals surface area contributed by atoms with Gasteiger partial charge in [-0.2, -0.15) is 0 Å². The van der Waals surface area contributed by atoms with Gasteiger partial charge in [0.15, 0.2) is 0 Å². The van der Waals surface area contributed by atoms with Gasteiger partial charge in [-0.05, 0) is 80.8 Å². The van der Waals surface area contributed by atoms with Gasteiger partial charge < -0.3 is 0 Å². The molecule has 3 nitrogen and oxygen atoms in total. The molecule has 120 valence electrons. The Hall–Kier alpha value is -1.17. The lowest BCUT2D eigenvalue weighted by atomic mass is 9.95. The zero-order chi connectivity index (χ0) is 16.7. The third-order valence-corrected chi connectivity index (χ3v) is 7.37. The fourth-order valence-corrected chi connectivity index (χ4v) is 5.39. The maximum Gasteiger partial charge on any atom is 0.241 e. The highest BCUT2D eigenvalue weighted by Gasteiger charge is 2.25. The molecule has 0 fully saturated rings. The molecule has 0 spiro atoms. The molecule has 1 heterocycles. The van der Waals surface area contributed by atoms with E-state index in [-0.39, 0.29) is 6.04 Å². The van der Waals surface area contributed by atoms with E-state index in [0.29, 0.717) is 4.90 Å². The zero-order valence-electron chi connectivity index (χ0n) is 13.9. The van der Waals surface area contributed by atoms with E-state index in [9.17, 15) is 8.42 Å². The largest absolute Gasteiger partial charge is 0.241 e. The second kappa shape index (κ2) is 6.14. The molecule has 2 aromatic rings. The molecule has 1 aromatic carbocycles. The summed E-state index contributed by atoms with van der Waals surface area (Å²) < 4.78 is 28.6. The molecule has 0 saturated heterocycles. The fraction of sp³-hybridized carbons (Fsp3) is 0.412. The standard InChI is InChI=1S/C17H23NO2S2/c1-10-11(2)13(4)17(14(5)12(10)3)22(19,20)18-15(6)16-8-7-9-21-16/h7-9,15,18H,1-6H3. The SMILES string of the molecule is Cc1c(C)c(C)c(S(=O)(=O)NC(C)c2cccs2)c(C)c1C. The normalized spacial score (nSPS) is 13.4. The van der Waals surface area contributed by atoms with Crippen molar-refractivity contribution >= 4 is 21.4 Å². The number of nitrogens with one attached hydrogen (secondary N) is 1. The number of hydrogen-bond donors (Lipinski definition) is 1. The minimum Gasteiger partial charge on any atom is -0.207 e. The van der Waals surface area contributed by atoms with Crippen LogP contribution in [0.2, 0.25) is 0 Å². The average Bonchev–Trinajstić information content (AvgIpc) is 2.96. The molecule has 0 aliphatic carbocycles. The molecule has 0 aliphatic heterocycles. The first-order valence-corrected chi connectivity index (χ1v) is 9.65. The van der Waals surface area contributed by atoms with Crippen LogP contribution in [0.3, 0.4) is 0 Å². The predicted molar refractivity (Wildman–Crippen MR) is 93.2 cm³/mol. The molecule has 1 aromatic heterocycles. The van der Waals surface area contributed by atoms with E-state index in [1.165, 1.54) is 5.56 Å². The summed E-state index contributed by atoms with van der Waals surface area (Å²) in [6.45, 7) is 11.7. The van der Waals surface area contributed by atoms with Crippen LogP contribution in [0.5, 0.6) is 0 Å². The maximum atomic E-state index is 12.9. The molecule has 0 bridgehead atoms. The van der Waals surface area contributed by atoms with Crippen LogP contribution in [0.25, 0.3) is 0 Å². The summed E-state index contributed by atoms with van der Waals surface area (Å²) in [5, 5.41) is 1.96.